The van der Waals surface area contributed by atoms with E-state index in [1.165, 1.54) is 0 Å². The van der Waals surface area contributed by atoms with Gasteiger partial charge >= 0.3 is 0 Å². The summed E-state index contributed by atoms with van der Waals surface area (Å²) in [5.41, 5.74) is 11.4. The molecule has 2 atom stereocenters. The summed E-state index contributed by atoms with van der Waals surface area (Å²) in [6, 6.07) is 22.4. The zero-order valence-electron chi connectivity index (χ0n) is 18.3. The molecule has 5 nitrogen and oxygen atoms in total. The minimum atomic E-state index is -0.249. The summed E-state index contributed by atoms with van der Waals surface area (Å²) in [5, 5.41) is 6.10. The van der Waals surface area contributed by atoms with Crippen LogP contribution in [0.15, 0.2) is 78.9 Å². The van der Waals surface area contributed by atoms with Gasteiger partial charge in [-0.25, -0.2) is 0 Å². The van der Waals surface area contributed by atoms with Crippen molar-refractivity contribution >= 4 is 28.8 Å². The quantitative estimate of drug-likeness (QED) is 0.392. The molecule has 3 aromatic rings. The molecule has 0 saturated heterocycles. The molecule has 2 unspecified atom stereocenters. The summed E-state index contributed by atoms with van der Waals surface area (Å²) in [6.07, 6.45) is 2.49. The lowest BCUT2D eigenvalue weighted by Crippen LogP contribution is -2.44. The Hall–Kier alpha value is -3.86. The van der Waals surface area contributed by atoms with Gasteiger partial charge in [0.05, 0.1) is 6.04 Å². The molecule has 1 aliphatic heterocycles. The van der Waals surface area contributed by atoms with Crippen molar-refractivity contribution in [1.82, 2.24) is 5.32 Å². The van der Waals surface area contributed by atoms with Crippen LogP contribution in [-0.4, -0.2) is 17.9 Å². The third kappa shape index (κ3) is 4.14. The lowest BCUT2D eigenvalue weighted by molar-refractivity contribution is -0.111. The number of fused-ring (bicyclic) bond motifs is 1. The molecule has 162 valence electrons. The van der Waals surface area contributed by atoms with Gasteiger partial charge in [-0.05, 0) is 35.3 Å². The summed E-state index contributed by atoms with van der Waals surface area (Å²) in [5.74, 6) is -0.169. The molecule has 4 rings (SSSR count). The SMILES string of the molecule is CCC(C)C1NC(=O)c2ccccc2C1=CC(=O)Nc1ccccc1-c1ccccc1N. The maximum Gasteiger partial charge on any atom is 0.252 e. The Balaban J connectivity index is 1.71. The van der Waals surface area contributed by atoms with Crippen molar-refractivity contribution in [3.8, 4) is 11.1 Å². The Kier molecular flexibility index (Phi) is 6.08. The maximum absolute atomic E-state index is 13.2. The number of nitrogen functional groups attached to an aromatic ring is 1. The van der Waals surface area contributed by atoms with E-state index < -0.39 is 0 Å². The van der Waals surface area contributed by atoms with Crippen LogP contribution >= 0.6 is 0 Å². The highest BCUT2D eigenvalue weighted by Gasteiger charge is 2.31. The molecule has 0 aromatic heterocycles. The molecular weight excluding hydrogens is 398 g/mol. The van der Waals surface area contributed by atoms with Crippen LogP contribution in [0.2, 0.25) is 0 Å². The van der Waals surface area contributed by atoms with Gasteiger partial charge in [0.25, 0.3) is 5.91 Å². The zero-order valence-corrected chi connectivity index (χ0v) is 18.3. The van der Waals surface area contributed by atoms with Crippen molar-refractivity contribution < 1.29 is 9.59 Å². The minimum Gasteiger partial charge on any atom is -0.398 e. The average molecular weight is 426 g/mol. The number of anilines is 2. The number of carbonyl (C=O) groups is 2. The number of carbonyl (C=O) groups excluding carboxylic acids is 2. The average Bonchev–Trinajstić information content (AvgIpc) is 2.81. The van der Waals surface area contributed by atoms with E-state index in [1.807, 2.05) is 66.7 Å². The number of nitrogens with one attached hydrogen (secondary N) is 2. The standard InChI is InChI=1S/C27H27N3O2/c1-3-17(2)26-22(18-10-4-5-13-21(18)27(32)30-26)16-25(31)29-24-15-9-7-12-20(24)19-11-6-8-14-23(19)28/h4-17,26H,3,28H2,1-2H3,(H,29,31)(H,30,32). The van der Waals surface area contributed by atoms with Crippen LogP contribution in [0.1, 0.15) is 36.2 Å². The number of hydrogen-bond acceptors (Lipinski definition) is 3. The van der Waals surface area contributed by atoms with Crippen LogP contribution in [0.5, 0.6) is 0 Å². The van der Waals surface area contributed by atoms with E-state index in [2.05, 4.69) is 24.5 Å². The molecule has 32 heavy (non-hydrogen) atoms. The second-order valence-corrected chi connectivity index (χ2v) is 8.10. The van der Waals surface area contributed by atoms with Crippen LogP contribution in [0.25, 0.3) is 16.7 Å². The van der Waals surface area contributed by atoms with Gasteiger partial charge in [-0.2, -0.15) is 0 Å². The first-order valence-corrected chi connectivity index (χ1v) is 10.9. The van der Waals surface area contributed by atoms with Gasteiger partial charge in [0.1, 0.15) is 0 Å². The van der Waals surface area contributed by atoms with E-state index >= 15 is 0 Å². The fraction of sp³-hybridized carbons (Fsp3) is 0.185. The number of rotatable bonds is 5. The number of benzene rings is 3. The number of hydrogen-bond donors (Lipinski definition) is 3. The van der Waals surface area contributed by atoms with Gasteiger partial charge in [0, 0.05) is 34.1 Å². The van der Waals surface area contributed by atoms with Crippen molar-refractivity contribution in [2.24, 2.45) is 5.92 Å². The van der Waals surface area contributed by atoms with E-state index in [4.69, 9.17) is 5.73 Å². The molecule has 5 heteroatoms. The summed E-state index contributed by atoms with van der Waals surface area (Å²) in [4.78, 5) is 25.8. The van der Waals surface area contributed by atoms with E-state index in [-0.39, 0.29) is 23.8 Å². The Morgan fingerprint density at radius 2 is 1.56 bits per heavy atom. The van der Waals surface area contributed by atoms with Crippen LogP contribution in [0, 0.1) is 5.92 Å². The van der Waals surface area contributed by atoms with Gasteiger partial charge in [-0.15, -0.1) is 0 Å². The molecule has 0 radical (unpaired) electrons. The molecule has 3 aromatic carbocycles. The van der Waals surface area contributed by atoms with Gasteiger partial charge in [0.2, 0.25) is 5.91 Å². The maximum atomic E-state index is 13.2. The molecule has 2 amide bonds. The van der Waals surface area contributed by atoms with Crippen molar-refractivity contribution in [3.63, 3.8) is 0 Å². The molecule has 0 saturated carbocycles. The van der Waals surface area contributed by atoms with E-state index in [0.29, 0.717) is 16.9 Å². The minimum absolute atomic E-state index is 0.103. The monoisotopic (exact) mass is 425 g/mol. The summed E-state index contributed by atoms with van der Waals surface area (Å²) < 4.78 is 0. The number of nitrogens with two attached hydrogens (primary N) is 1. The second-order valence-electron chi connectivity index (χ2n) is 8.10. The van der Waals surface area contributed by atoms with Crippen molar-refractivity contribution in [2.75, 3.05) is 11.1 Å². The Labute approximate surface area is 188 Å². The van der Waals surface area contributed by atoms with Crippen molar-refractivity contribution in [2.45, 2.75) is 26.3 Å². The van der Waals surface area contributed by atoms with E-state index in [1.54, 1.807) is 12.1 Å². The highest BCUT2D eigenvalue weighted by molar-refractivity contribution is 6.11. The molecule has 0 bridgehead atoms. The van der Waals surface area contributed by atoms with Gasteiger partial charge in [0.15, 0.2) is 0 Å². The van der Waals surface area contributed by atoms with Crippen LogP contribution in [0.3, 0.4) is 0 Å². The van der Waals surface area contributed by atoms with Crippen LogP contribution in [0.4, 0.5) is 11.4 Å². The first kappa shape index (κ1) is 21.4. The first-order valence-electron chi connectivity index (χ1n) is 10.9. The molecule has 0 aliphatic carbocycles. The lowest BCUT2D eigenvalue weighted by Gasteiger charge is -2.32. The molecule has 1 aliphatic rings. The third-order valence-electron chi connectivity index (χ3n) is 6.04. The largest absolute Gasteiger partial charge is 0.398 e. The van der Waals surface area contributed by atoms with Gasteiger partial charge in [-0.3, -0.25) is 9.59 Å². The predicted molar refractivity (Wildman–Crippen MR) is 130 cm³/mol. The van der Waals surface area contributed by atoms with E-state index in [9.17, 15) is 9.59 Å². The number of para-hydroxylation sites is 2. The highest BCUT2D eigenvalue weighted by atomic mass is 16.2. The Morgan fingerprint density at radius 1 is 0.969 bits per heavy atom. The molecule has 4 N–H and O–H groups in total. The smallest absolute Gasteiger partial charge is 0.252 e. The summed E-state index contributed by atoms with van der Waals surface area (Å²) >= 11 is 0. The van der Waals surface area contributed by atoms with Crippen molar-refractivity contribution in [3.05, 3.63) is 90.0 Å². The molecule has 0 spiro atoms. The van der Waals surface area contributed by atoms with E-state index in [0.717, 1.165) is 28.7 Å². The normalized spacial score (nSPS) is 17.4. The summed E-state index contributed by atoms with van der Waals surface area (Å²) in [7, 11) is 0. The van der Waals surface area contributed by atoms with Crippen LogP contribution < -0.4 is 16.4 Å². The zero-order chi connectivity index (χ0) is 22.7. The Bertz CT molecular complexity index is 1200. The fourth-order valence-electron chi connectivity index (χ4n) is 4.13. The fourth-order valence-corrected chi connectivity index (χ4v) is 4.13. The second kappa shape index (κ2) is 9.10. The van der Waals surface area contributed by atoms with Gasteiger partial charge < -0.3 is 16.4 Å². The molecule has 1 heterocycles. The highest BCUT2D eigenvalue weighted by Crippen LogP contribution is 2.34. The lowest BCUT2D eigenvalue weighted by atomic mass is 9.82. The summed E-state index contributed by atoms with van der Waals surface area (Å²) in [6.45, 7) is 4.16. The first-order chi connectivity index (χ1) is 15.5. The van der Waals surface area contributed by atoms with Crippen molar-refractivity contribution in [1.29, 1.82) is 0 Å². The van der Waals surface area contributed by atoms with Gasteiger partial charge in [-0.1, -0.05) is 74.9 Å². The third-order valence-corrected chi connectivity index (χ3v) is 6.04. The predicted octanol–water partition coefficient (Wildman–Crippen LogP) is 5.12. The molecule has 0 fully saturated rings. The Morgan fingerprint density at radius 3 is 2.25 bits per heavy atom. The van der Waals surface area contributed by atoms with Crippen LogP contribution in [-0.2, 0) is 4.79 Å². The number of amides is 2. The molecular formula is C27H27N3O2. The topological polar surface area (TPSA) is 84.2 Å².